The number of benzene rings is 2. The van der Waals surface area contributed by atoms with Crippen molar-refractivity contribution < 1.29 is 19.2 Å². The van der Waals surface area contributed by atoms with Crippen LogP contribution in [0.25, 0.3) is 6.08 Å². The van der Waals surface area contributed by atoms with Crippen molar-refractivity contribution in [3.63, 3.8) is 0 Å². The third kappa shape index (κ3) is 5.61. The lowest BCUT2D eigenvalue weighted by Crippen LogP contribution is -2.28. The minimum atomic E-state index is -0.790. The molecule has 1 amide bonds. The van der Waals surface area contributed by atoms with Gasteiger partial charge in [0, 0.05) is 16.6 Å². The molecule has 0 heterocycles. The molecular weight excluding hydrogens is 416 g/mol. The summed E-state index contributed by atoms with van der Waals surface area (Å²) >= 11 is 3.27. The van der Waals surface area contributed by atoms with Gasteiger partial charge in [-0.3, -0.25) is 14.9 Å². The molecule has 0 fully saturated rings. The molecule has 2 aromatic rings. The lowest BCUT2D eigenvalue weighted by atomic mass is 10.1. The van der Waals surface area contributed by atoms with Gasteiger partial charge in [0.25, 0.3) is 11.6 Å². The maximum absolute atomic E-state index is 12.5. The molecule has 0 saturated carbocycles. The Bertz CT molecular complexity index is 924. The molecule has 0 unspecified atom stereocenters. The molecule has 1 N–H and O–H groups in total. The van der Waals surface area contributed by atoms with Gasteiger partial charge in [-0.15, -0.1) is 0 Å². The SMILES string of the molecule is C=CCOC(=O)/C(=C/c1cccc([N+](=O)[O-])c1)NC(=O)c1ccccc1Br. The van der Waals surface area contributed by atoms with Gasteiger partial charge in [-0.1, -0.05) is 36.9 Å². The Morgan fingerprint density at radius 1 is 1.22 bits per heavy atom. The summed E-state index contributed by atoms with van der Waals surface area (Å²) in [5, 5.41) is 13.4. The number of ether oxygens (including phenoxy) is 1. The number of esters is 1. The number of rotatable bonds is 7. The van der Waals surface area contributed by atoms with Gasteiger partial charge in [0.05, 0.1) is 10.5 Å². The number of carbonyl (C=O) groups excluding carboxylic acids is 2. The average molecular weight is 431 g/mol. The molecule has 0 radical (unpaired) electrons. The maximum Gasteiger partial charge on any atom is 0.355 e. The van der Waals surface area contributed by atoms with Crippen molar-refractivity contribution in [1.82, 2.24) is 5.32 Å². The van der Waals surface area contributed by atoms with Crippen molar-refractivity contribution in [2.45, 2.75) is 0 Å². The highest BCUT2D eigenvalue weighted by molar-refractivity contribution is 9.10. The number of nitrogens with one attached hydrogen (secondary N) is 1. The molecule has 2 rings (SSSR count). The van der Waals surface area contributed by atoms with Gasteiger partial charge in [-0.2, -0.15) is 0 Å². The van der Waals surface area contributed by atoms with Crippen molar-refractivity contribution in [1.29, 1.82) is 0 Å². The molecular formula is C19H15BrN2O5. The zero-order valence-corrected chi connectivity index (χ0v) is 15.6. The Hall–Kier alpha value is -3.26. The van der Waals surface area contributed by atoms with Gasteiger partial charge in [0.1, 0.15) is 12.3 Å². The predicted octanol–water partition coefficient (Wildman–Crippen LogP) is 3.86. The average Bonchev–Trinajstić information content (AvgIpc) is 2.66. The number of amides is 1. The first kappa shape index (κ1) is 20.1. The monoisotopic (exact) mass is 430 g/mol. The maximum atomic E-state index is 12.5. The fourth-order valence-corrected chi connectivity index (χ4v) is 2.55. The molecule has 7 nitrogen and oxygen atoms in total. The summed E-state index contributed by atoms with van der Waals surface area (Å²) in [7, 11) is 0. The van der Waals surface area contributed by atoms with Crippen LogP contribution < -0.4 is 5.32 Å². The molecule has 0 aromatic heterocycles. The minimum Gasteiger partial charge on any atom is -0.457 e. The molecule has 0 spiro atoms. The number of nitrogens with zero attached hydrogens (tertiary/aromatic N) is 1. The summed E-state index contributed by atoms with van der Waals surface area (Å²) in [5.74, 6) is -1.32. The van der Waals surface area contributed by atoms with E-state index in [-0.39, 0.29) is 18.0 Å². The Morgan fingerprint density at radius 2 is 1.96 bits per heavy atom. The molecule has 0 aliphatic heterocycles. The lowest BCUT2D eigenvalue weighted by molar-refractivity contribution is -0.384. The normalized spacial score (nSPS) is 10.8. The Labute approximate surface area is 163 Å². The smallest absolute Gasteiger partial charge is 0.355 e. The van der Waals surface area contributed by atoms with Crippen LogP contribution in [0.1, 0.15) is 15.9 Å². The number of nitro benzene ring substituents is 1. The van der Waals surface area contributed by atoms with E-state index in [9.17, 15) is 19.7 Å². The number of hydrogen-bond donors (Lipinski definition) is 1. The van der Waals surface area contributed by atoms with Gasteiger partial charge in [0.2, 0.25) is 0 Å². The Morgan fingerprint density at radius 3 is 2.63 bits per heavy atom. The summed E-state index contributed by atoms with van der Waals surface area (Å²) < 4.78 is 5.54. The van der Waals surface area contributed by atoms with Crippen molar-refractivity contribution in [2.24, 2.45) is 0 Å². The molecule has 138 valence electrons. The highest BCUT2D eigenvalue weighted by Gasteiger charge is 2.17. The summed E-state index contributed by atoms with van der Waals surface area (Å²) in [6.07, 6.45) is 2.70. The van der Waals surface area contributed by atoms with Crippen molar-refractivity contribution in [2.75, 3.05) is 6.61 Å². The van der Waals surface area contributed by atoms with E-state index in [2.05, 4.69) is 27.8 Å². The van der Waals surface area contributed by atoms with Crippen LogP contribution in [0.5, 0.6) is 0 Å². The van der Waals surface area contributed by atoms with Crippen LogP contribution in [-0.4, -0.2) is 23.4 Å². The number of halogens is 1. The lowest BCUT2D eigenvalue weighted by Gasteiger charge is -2.10. The van der Waals surface area contributed by atoms with E-state index < -0.39 is 16.8 Å². The molecule has 0 aliphatic rings. The van der Waals surface area contributed by atoms with Crippen LogP contribution in [0.4, 0.5) is 5.69 Å². The molecule has 0 atom stereocenters. The van der Waals surface area contributed by atoms with E-state index in [1.54, 1.807) is 30.3 Å². The highest BCUT2D eigenvalue weighted by atomic mass is 79.9. The van der Waals surface area contributed by atoms with Gasteiger partial charge >= 0.3 is 5.97 Å². The van der Waals surface area contributed by atoms with Crippen LogP contribution >= 0.6 is 15.9 Å². The first-order chi connectivity index (χ1) is 12.9. The van der Waals surface area contributed by atoms with Gasteiger partial charge < -0.3 is 10.1 Å². The number of carbonyl (C=O) groups is 2. The Balaban J connectivity index is 2.36. The quantitative estimate of drug-likeness (QED) is 0.236. The molecule has 27 heavy (non-hydrogen) atoms. The minimum absolute atomic E-state index is 0.0456. The topological polar surface area (TPSA) is 98.5 Å². The van der Waals surface area contributed by atoms with Crippen molar-refractivity contribution in [3.8, 4) is 0 Å². The summed E-state index contributed by atoms with van der Waals surface area (Å²) in [6.45, 7) is 3.42. The van der Waals surface area contributed by atoms with Gasteiger partial charge in [0.15, 0.2) is 0 Å². The van der Waals surface area contributed by atoms with E-state index in [4.69, 9.17) is 4.74 Å². The molecule has 0 bridgehead atoms. The number of nitro groups is 1. The molecule has 2 aromatic carbocycles. The fraction of sp³-hybridized carbons (Fsp3) is 0.0526. The van der Waals surface area contributed by atoms with Crippen LogP contribution in [-0.2, 0) is 9.53 Å². The highest BCUT2D eigenvalue weighted by Crippen LogP contribution is 2.18. The standard InChI is InChI=1S/C19H15BrN2O5/c1-2-10-27-19(24)17(12-13-6-5-7-14(11-13)22(25)26)21-18(23)15-8-3-4-9-16(15)20/h2-9,11-12H,1,10H2,(H,21,23)/b17-12-. The second-order valence-electron chi connectivity index (χ2n) is 5.23. The van der Waals surface area contributed by atoms with Gasteiger partial charge in [-0.25, -0.2) is 4.79 Å². The third-order valence-corrected chi connectivity index (χ3v) is 4.00. The third-order valence-electron chi connectivity index (χ3n) is 3.31. The van der Waals surface area contributed by atoms with E-state index in [0.717, 1.165) is 0 Å². The molecule has 0 aliphatic carbocycles. The second kappa shape index (κ2) is 9.44. The van der Waals surface area contributed by atoms with Crippen molar-refractivity contribution >= 4 is 39.6 Å². The first-order valence-corrected chi connectivity index (χ1v) is 8.51. The van der Waals surface area contributed by atoms with Crippen LogP contribution in [0.2, 0.25) is 0 Å². The Kier molecular flexibility index (Phi) is 7.01. The van der Waals surface area contributed by atoms with Crippen molar-refractivity contribution in [3.05, 3.63) is 92.6 Å². The fourth-order valence-electron chi connectivity index (χ4n) is 2.09. The first-order valence-electron chi connectivity index (χ1n) is 7.72. The van der Waals surface area contributed by atoms with Crippen LogP contribution in [0.15, 0.2) is 71.4 Å². The van der Waals surface area contributed by atoms with E-state index in [0.29, 0.717) is 15.6 Å². The number of hydrogen-bond acceptors (Lipinski definition) is 5. The van der Waals surface area contributed by atoms with E-state index >= 15 is 0 Å². The zero-order chi connectivity index (χ0) is 19.8. The van der Waals surface area contributed by atoms with Crippen LogP contribution in [0, 0.1) is 10.1 Å². The second-order valence-corrected chi connectivity index (χ2v) is 6.09. The van der Waals surface area contributed by atoms with E-state index in [1.807, 2.05) is 0 Å². The van der Waals surface area contributed by atoms with Crippen LogP contribution in [0.3, 0.4) is 0 Å². The van der Waals surface area contributed by atoms with Gasteiger partial charge in [-0.05, 0) is 39.7 Å². The number of non-ortho nitro benzene ring substituents is 1. The summed E-state index contributed by atoms with van der Waals surface area (Å²) in [4.78, 5) is 35.2. The summed E-state index contributed by atoms with van der Waals surface area (Å²) in [6, 6.07) is 12.4. The molecule has 8 heteroatoms. The predicted molar refractivity (Wildman–Crippen MR) is 104 cm³/mol. The van der Waals surface area contributed by atoms with E-state index in [1.165, 1.54) is 30.4 Å². The largest absolute Gasteiger partial charge is 0.457 e. The summed E-state index contributed by atoms with van der Waals surface area (Å²) in [5.41, 5.74) is 0.388. The zero-order valence-electron chi connectivity index (χ0n) is 14.1. The molecule has 0 saturated heterocycles.